The second kappa shape index (κ2) is 6.55. The summed E-state index contributed by atoms with van der Waals surface area (Å²) in [5.41, 5.74) is 0.322. The van der Waals surface area contributed by atoms with E-state index in [4.69, 9.17) is 0 Å². The first kappa shape index (κ1) is 15.9. The van der Waals surface area contributed by atoms with Crippen molar-refractivity contribution in [2.75, 3.05) is 19.6 Å². The summed E-state index contributed by atoms with van der Waals surface area (Å²) >= 11 is 0. The third-order valence-corrected chi connectivity index (χ3v) is 4.95. The highest BCUT2D eigenvalue weighted by molar-refractivity contribution is 7.89. The molecule has 1 aliphatic heterocycles. The van der Waals surface area contributed by atoms with Crippen molar-refractivity contribution in [3.05, 3.63) is 29.8 Å². The minimum Gasteiger partial charge on any atom is -0.391 e. The largest absolute Gasteiger partial charge is 0.391 e. The Balaban J connectivity index is 2.23. The standard InChI is InChI=1S/C14H20N2O4S/c1-2-15-21(19,20)13-7-3-5-11(9-13)14(18)16-8-4-6-12(17)10-16/h3,5,7,9,12,15,17H,2,4,6,8,10H2,1H3. The van der Waals surface area contributed by atoms with Gasteiger partial charge in [0.25, 0.3) is 5.91 Å². The number of hydrogen-bond donors (Lipinski definition) is 2. The van der Waals surface area contributed by atoms with Crippen LogP contribution in [0.15, 0.2) is 29.2 Å². The summed E-state index contributed by atoms with van der Waals surface area (Å²) in [5.74, 6) is -0.248. The molecular formula is C14H20N2O4S. The van der Waals surface area contributed by atoms with Gasteiger partial charge in [-0.3, -0.25) is 4.79 Å². The number of hydrogen-bond acceptors (Lipinski definition) is 4. The molecule has 1 aromatic rings. The Bertz CT molecular complexity index is 615. The van der Waals surface area contributed by atoms with Gasteiger partial charge in [0.1, 0.15) is 0 Å². The van der Waals surface area contributed by atoms with E-state index in [1.807, 2.05) is 0 Å². The highest BCUT2D eigenvalue weighted by Crippen LogP contribution is 2.16. The number of rotatable bonds is 4. The third-order valence-electron chi connectivity index (χ3n) is 3.41. The highest BCUT2D eigenvalue weighted by Gasteiger charge is 2.24. The molecule has 7 heteroatoms. The van der Waals surface area contributed by atoms with Crippen molar-refractivity contribution in [1.29, 1.82) is 0 Å². The molecule has 1 aliphatic rings. The number of nitrogens with one attached hydrogen (secondary N) is 1. The molecule has 0 spiro atoms. The quantitative estimate of drug-likeness (QED) is 0.851. The summed E-state index contributed by atoms with van der Waals surface area (Å²) in [4.78, 5) is 14.0. The molecule has 1 aromatic carbocycles. The predicted molar refractivity (Wildman–Crippen MR) is 78.4 cm³/mol. The molecular weight excluding hydrogens is 292 g/mol. The lowest BCUT2D eigenvalue weighted by Gasteiger charge is -2.30. The molecule has 21 heavy (non-hydrogen) atoms. The van der Waals surface area contributed by atoms with Crippen molar-refractivity contribution < 1.29 is 18.3 Å². The Morgan fingerprint density at radius 3 is 2.90 bits per heavy atom. The van der Waals surface area contributed by atoms with Gasteiger partial charge in [-0.2, -0.15) is 0 Å². The third kappa shape index (κ3) is 3.81. The van der Waals surface area contributed by atoms with Crippen LogP contribution in [0, 0.1) is 0 Å². The number of β-amino-alcohol motifs (C(OH)–C–C–N with tert-alkyl or cyclic N) is 1. The molecule has 0 radical (unpaired) electrons. The average molecular weight is 312 g/mol. The van der Waals surface area contributed by atoms with Gasteiger partial charge in [-0.1, -0.05) is 13.0 Å². The van der Waals surface area contributed by atoms with Crippen molar-refractivity contribution in [3.8, 4) is 0 Å². The van der Waals surface area contributed by atoms with E-state index in [9.17, 15) is 18.3 Å². The first-order valence-electron chi connectivity index (χ1n) is 7.01. The monoisotopic (exact) mass is 312 g/mol. The van der Waals surface area contributed by atoms with Gasteiger partial charge in [-0.25, -0.2) is 13.1 Å². The summed E-state index contributed by atoms with van der Waals surface area (Å²) in [6, 6.07) is 5.98. The van der Waals surface area contributed by atoms with Crippen LogP contribution < -0.4 is 4.72 Å². The lowest BCUT2D eigenvalue weighted by Crippen LogP contribution is -2.42. The van der Waals surface area contributed by atoms with Gasteiger partial charge in [-0.05, 0) is 31.0 Å². The van der Waals surface area contributed by atoms with E-state index >= 15 is 0 Å². The van der Waals surface area contributed by atoms with E-state index in [0.29, 0.717) is 31.6 Å². The first-order chi connectivity index (χ1) is 9.94. The van der Waals surface area contributed by atoms with Crippen LogP contribution in [0.2, 0.25) is 0 Å². The molecule has 2 rings (SSSR count). The molecule has 1 saturated heterocycles. The maximum atomic E-state index is 12.4. The van der Waals surface area contributed by atoms with Gasteiger partial charge in [0, 0.05) is 25.2 Å². The number of sulfonamides is 1. The summed E-state index contributed by atoms with van der Waals surface area (Å²) in [6.45, 7) is 2.86. The maximum Gasteiger partial charge on any atom is 0.253 e. The summed E-state index contributed by atoms with van der Waals surface area (Å²) < 4.78 is 26.3. The van der Waals surface area contributed by atoms with Crippen LogP contribution in [-0.4, -0.2) is 50.1 Å². The molecule has 0 aliphatic carbocycles. The minimum absolute atomic E-state index is 0.0766. The Labute approximate surface area is 124 Å². The number of benzene rings is 1. The second-order valence-electron chi connectivity index (χ2n) is 5.08. The average Bonchev–Trinajstić information content (AvgIpc) is 2.46. The molecule has 0 bridgehead atoms. The zero-order chi connectivity index (χ0) is 15.5. The Kier molecular flexibility index (Phi) is 4.97. The Hall–Kier alpha value is -1.44. The molecule has 1 atom stereocenters. The zero-order valence-corrected chi connectivity index (χ0v) is 12.8. The van der Waals surface area contributed by atoms with E-state index in [2.05, 4.69) is 4.72 Å². The normalized spacial score (nSPS) is 19.5. The molecule has 116 valence electrons. The van der Waals surface area contributed by atoms with Crippen molar-refractivity contribution in [2.45, 2.75) is 30.8 Å². The highest BCUT2D eigenvalue weighted by atomic mass is 32.2. The van der Waals surface area contributed by atoms with Crippen molar-refractivity contribution in [3.63, 3.8) is 0 Å². The van der Waals surface area contributed by atoms with E-state index in [-0.39, 0.29) is 10.8 Å². The Morgan fingerprint density at radius 1 is 1.48 bits per heavy atom. The second-order valence-corrected chi connectivity index (χ2v) is 6.84. The number of piperidine rings is 1. The van der Waals surface area contributed by atoms with Crippen LogP contribution in [0.4, 0.5) is 0 Å². The smallest absolute Gasteiger partial charge is 0.253 e. The van der Waals surface area contributed by atoms with Gasteiger partial charge in [0.05, 0.1) is 11.0 Å². The van der Waals surface area contributed by atoms with Crippen molar-refractivity contribution in [2.24, 2.45) is 0 Å². The lowest BCUT2D eigenvalue weighted by molar-refractivity contribution is 0.0473. The SMILES string of the molecule is CCNS(=O)(=O)c1cccc(C(=O)N2CCCC(O)C2)c1. The molecule has 1 fully saturated rings. The number of likely N-dealkylation sites (tertiary alicyclic amines) is 1. The fourth-order valence-corrected chi connectivity index (χ4v) is 3.48. The predicted octanol–water partition coefficient (Wildman–Crippen LogP) is 0.582. The van der Waals surface area contributed by atoms with E-state index < -0.39 is 16.1 Å². The molecule has 0 saturated carbocycles. The zero-order valence-electron chi connectivity index (χ0n) is 11.9. The fourth-order valence-electron chi connectivity index (χ4n) is 2.39. The molecule has 1 amide bonds. The summed E-state index contributed by atoms with van der Waals surface area (Å²) in [7, 11) is -3.58. The number of nitrogens with zero attached hydrogens (tertiary/aromatic N) is 1. The van der Waals surface area contributed by atoms with Gasteiger partial charge >= 0.3 is 0 Å². The van der Waals surface area contributed by atoms with Crippen LogP contribution in [0.3, 0.4) is 0 Å². The van der Waals surface area contributed by atoms with E-state index in [0.717, 1.165) is 6.42 Å². The van der Waals surface area contributed by atoms with Crippen molar-refractivity contribution in [1.82, 2.24) is 9.62 Å². The van der Waals surface area contributed by atoms with Crippen LogP contribution in [0.5, 0.6) is 0 Å². The number of carbonyl (C=O) groups excluding carboxylic acids is 1. The van der Waals surface area contributed by atoms with E-state index in [1.54, 1.807) is 24.0 Å². The fraction of sp³-hybridized carbons (Fsp3) is 0.500. The number of aliphatic hydroxyl groups excluding tert-OH is 1. The molecule has 0 aromatic heterocycles. The summed E-state index contributed by atoms with van der Waals surface area (Å²) in [6.07, 6.45) is 0.942. The lowest BCUT2D eigenvalue weighted by atomic mass is 10.1. The number of amides is 1. The number of carbonyl (C=O) groups is 1. The molecule has 2 N–H and O–H groups in total. The van der Waals surface area contributed by atoms with Crippen molar-refractivity contribution >= 4 is 15.9 Å². The number of aliphatic hydroxyl groups is 1. The van der Waals surface area contributed by atoms with Crippen LogP contribution in [0.25, 0.3) is 0 Å². The van der Waals surface area contributed by atoms with E-state index in [1.165, 1.54) is 12.1 Å². The van der Waals surface area contributed by atoms with Gasteiger partial charge < -0.3 is 10.0 Å². The van der Waals surface area contributed by atoms with Crippen LogP contribution in [0.1, 0.15) is 30.1 Å². The van der Waals surface area contributed by atoms with Gasteiger partial charge in [0.15, 0.2) is 0 Å². The molecule has 1 heterocycles. The maximum absolute atomic E-state index is 12.4. The summed E-state index contributed by atoms with van der Waals surface area (Å²) in [5, 5.41) is 9.63. The van der Waals surface area contributed by atoms with Crippen LogP contribution in [-0.2, 0) is 10.0 Å². The minimum atomic E-state index is -3.58. The molecule has 1 unspecified atom stereocenters. The van der Waals surface area contributed by atoms with Gasteiger partial charge in [-0.15, -0.1) is 0 Å². The van der Waals surface area contributed by atoms with Gasteiger partial charge in [0.2, 0.25) is 10.0 Å². The first-order valence-corrected chi connectivity index (χ1v) is 8.49. The topological polar surface area (TPSA) is 86.7 Å². The van der Waals surface area contributed by atoms with Crippen LogP contribution >= 0.6 is 0 Å². The molecule has 6 nitrogen and oxygen atoms in total. The Morgan fingerprint density at radius 2 is 2.24 bits per heavy atom.